The minimum absolute atomic E-state index is 0.00578. The van der Waals surface area contributed by atoms with E-state index in [9.17, 15) is 24.5 Å². The molecule has 2 amide bonds. The maximum Gasteiger partial charge on any atom is 0.338 e. The van der Waals surface area contributed by atoms with Crippen LogP contribution in [0, 0.1) is 10.1 Å². The average molecular weight is 420 g/mol. The number of nitrogens with one attached hydrogen (secondary N) is 2. The lowest BCUT2D eigenvalue weighted by atomic mass is 10.1. The fourth-order valence-electron chi connectivity index (χ4n) is 3.15. The van der Waals surface area contributed by atoms with Gasteiger partial charge in [0.1, 0.15) is 5.69 Å². The molecule has 10 nitrogen and oxygen atoms in total. The molecule has 0 spiro atoms. The summed E-state index contributed by atoms with van der Waals surface area (Å²) in [4.78, 5) is 48.4. The van der Waals surface area contributed by atoms with Crippen LogP contribution in [0.25, 0.3) is 0 Å². The molecule has 1 aliphatic rings. The van der Waals surface area contributed by atoms with Gasteiger partial charge in [-0.3, -0.25) is 19.7 Å². The number of nitrogens with zero attached hydrogens (tertiary/aromatic N) is 2. The van der Waals surface area contributed by atoms with E-state index >= 15 is 0 Å². The number of carbonyl (C=O) groups is 3. The fraction of sp³-hybridized carbons (Fsp3) is 0.550. The van der Waals surface area contributed by atoms with Crippen molar-refractivity contribution in [3.63, 3.8) is 0 Å². The number of rotatable bonds is 9. The average Bonchev–Trinajstić information content (AvgIpc) is 3.03. The molecule has 1 heterocycles. The van der Waals surface area contributed by atoms with Crippen LogP contribution in [0.15, 0.2) is 18.2 Å². The van der Waals surface area contributed by atoms with Gasteiger partial charge in [0.2, 0.25) is 5.91 Å². The molecule has 1 aromatic carbocycles. The monoisotopic (exact) mass is 420 g/mol. The maximum atomic E-state index is 12.2. The number of hydrogen-bond donors (Lipinski definition) is 2. The Morgan fingerprint density at radius 2 is 1.80 bits per heavy atom. The number of nitro benzene ring substituents is 1. The van der Waals surface area contributed by atoms with Gasteiger partial charge in [0.25, 0.3) is 11.6 Å². The number of hydrogen-bond acceptors (Lipinski definition) is 7. The number of anilines is 1. The molecule has 0 aliphatic carbocycles. The lowest BCUT2D eigenvalue weighted by Crippen LogP contribution is -2.38. The summed E-state index contributed by atoms with van der Waals surface area (Å²) in [5.74, 6) is -1.81. The topological polar surface area (TPSA) is 131 Å². The van der Waals surface area contributed by atoms with Gasteiger partial charge < -0.3 is 20.3 Å². The predicted molar refractivity (Wildman–Crippen MR) is 110 cm³/mol. The van der Waals surface area contributed by atoms with Gasteiger partial charge in [-0.1, -0.05) is 19.8 Å². The molecule has 0 bridgehead atoms. The van der Waals surface area contributed by atoms with Crippen LogP contribution < -0.4 is 15.5 Å². The summed E-state index contributed by atoms with van der Waals surface area (Å²) in [6.45, 7) is 3.08. The van der Waals surface area contributed by atoms with Gasteiger partial charge in [0, 0.05) is 25.7 Å². The van der Waals surface area contributed by atoms with Gasteiger partial charge in [-0.15, -0.1) is 0 Å². The van der Waals surface area contributed by atoms with Crippen molar-refractivity contribution in [3.05, 3.63) is 33.9 Å². The molecule has 1 saturated heterocycles. The number of amides is 2. The Kier molecular flexibility index (Phi) is 9.04. The highest BCUT2D eigenvalue weighted by molar-refractivity contribution is 5.93. The molecule has 1 fully saturated rings. The standard InChI is InChI=1S/C20H28N4O6/c1-2-9-21-18(25)13-22-19(26)14-30-20(27)15-7-8-16(17(12-15)24(28)29)23-10-5-3-4-6-11-23/h7-8,12H,2-6,9-11,13-14H2,1H3,(H,21,25)(H,22,26). The summed E-state index contributed by atoms with van der Waals surface area (Å²) < 4.78 is 4.92. The van der Waals surface area contributed by atoms with E-state index in [0.29, 0.717) is 12.2 Å². The van der Waals surface area contributed by atoms with Crippen molar-refractivity contribution in [2.24, 2.45) is 0 Å². The van der Waals surface area contributed by atoms with Crippen LogP contribution in [0.3, 0.4) is 0 Å². The van der Waals surface area contributed by atoms with Crippen LogP contribution in [0.2, 0.25) is 0 Å². The Labute approximate surface area is 175 Å². The third-order valence-electron chi connectivity index (χ3n) is 4.71. The van der Waals surface area contributed by atoms with Crippen molar-refractivity contribution in [3.8, 4) is 0 Å². The van der Waals surface area contributed by atoms with E-state index in [0.717, 1.165) is 45.2 Å². The Morgan fingerprint density at radius 1 is 1.10 bits per heavy atom. The number of ether oxygens (including phenoxy) is 1. The normalized spacial score (nSPS) is 13.8. The number of benzene rings is 1. The van der Waals surface area contributed by atoms with Crippen LogP contribution in [-0.2, 0) is 14.3 Å². The predicted octanol–water partition coefficient (Wildman–Crippen LogP) is 1.77. The van der Waals surface area contributed by atoms with E-state index in [1.54, 1.807) is 6.07 Å². The first-order valence-electron chi connectivity index (χ1n) is 10.2. The van der Waals surface area contributed by atoms with Gasteiger partial charge >= 0.3 is 5.97 Å². The highest BCUT2D eigenvalue weighted by Crippen LogP contribution is 2.31. The fourth-order valence-corrected chi connectivity index (χ4v) is 3.15. The summed E-state index contributed by atoms with van der Waals surface area (Å²) in [7, 11) is 0. The largest absolute Gasteiger partial charge is 0.452 e. The summed E-state index contributed by atoms with van der Waals surface area (Å²) in [6.07, 6.45) is 4.90. The molecule has 2 N–H and O–H groups in total. The van der Waals surface area contributed by atoms with Gasteiger partial charge in [-0.2, -0.15) is 0 Å². The van der Waals surface area contributed by atoms with E-state index < -0.39 is 23.4 Å². The SMILES string of the molecule is CCCNC(=O)CNC(=O)COC(=O)c1ccc(N2CCCCCC2)c([N+](=O)[O-])c1. The molecule has 0 saturated carbocycles. The van der Waals surface area contributed by atoms with E-state index in [2.05, 4.69) is 10.6 Å². The second kappa shape index (κ2) is 11.7. The van der Waals surface area contributed by atoms with E-state index in [1.807, 2.05) is 11.8 Å². The Bertz CT molecular complexity index is 775. The maximum absolute atomic E-state index is 12.2. The lowest BCUT2D eigenvalue weighted by molar-refractivity contribution is -0.384. The third-order valence-corrected chi connectivity index (χ3v) is 4.71. The Balaban J connectivity index is 1.95. The minimum Gasteiger partial charge on any atom is -0.452 e. The highest BCUT2D eigenvalue weighted by atomic mass is 16.6. The first-order chi connectivity index (χ1) is 14.4. The van der Waals surface area contributed by atoms with Crippen LogP contribution in [0.1, 0.15) is 49.4 Å². The van der Waals surface area contributed by atoms with Gasteiger partial charge in [0.05, 0.1) is 17.0 Å². The van der Waals surface area contributed by atoms with E-state index in [-0.39, 0.29) is 23.7 Å². The summed E-state index contributed by atoms with van der Waals surface area (Å²) in [6, 6.07) is 4.20. The van der Waals surface area contributed by atoms with E-state index in [1.165, 1.54) is 12.1 Å². The zero-order chi connectivity index (χ0) is 21.9. The zero-order valence-corrected chi connectivity index (χ0v) is 17.1. The first kappa shape index (κ1) is 23.1. The van der Waals surface area contributed by atoms with E-state index in [4.69, 9.17) is 4.74 Å². The molecule has 10 heteroatoms. The Morgan fingerprint density at radius 3 is 2.43 bits per heavy atom. The van der Waals surface area contributed by atoms with Crippen LogP contribution in [-0.4, -0.2) is 55.5 Å². The van der Waals surface area contributed by atoms with Gasteiger partial charge in [-0.25, -0.2) is 4.79 Å². The van der Waals surface area contributed by atoms with Crippen molar-refractivity contribution >= 4 is 29.2 Å². The molecule has 0 aromatic heterocycles. The van der Waals surface area contributed by atoms with Crippen molar-refractivity contribution in [2.75, 3.05) is 37.7 Å². The smallest absolute Gasteiger partial charge is 0.338 e. The lowest BCUT2D eigenvalue weighted by Gasteiger charge is -2.22. The second-order valence-electron chi connectivity index (χ2n) is 7.06. The molecule has 0 unspecified atom stereocenters. The second-order valence-corrected chi connectivity index (χ2v) is 7.06. The molecule has 164 valence electrons. The molecule has 0 atom stereocenters. The third kappa shape index (κ3) is 7.02. The highest BCUT2D eigenvalue weighted by Gasteiger charge is 2.23. The minimum atomic E-state index is -0.842. The molecule has 1 aromatic rings. The Hall–Kier alpha value is -3.17. The van der Waals surface area contributed by atoms with Crippen molar-refractivity contribution in [1.82, 2.24) is 10.6 Å². The number of carbonyl (C=O) groups excluding carboxylic acids is 3. The molecular weight excluding hydrogens is 392 g/mol. The van der Waals surface area contributed by atoms with Crippen molar-refractivity contribution in [1.29, 1.82) is 0 Å². The molecule has 30 heavy (non-hydrogen) atoms. The zero-order valence-electron chi connectivity index (χ0n) is 17.1. The molecular formula is C20H28N4O6. The molecule has 0 radical (unpaired) electrons. The summed E-state index contributed by atoms with van der Waals surface area (Å²) in [5, 5.41) is 16.5. The van der Waals surface area contributed by atoms with Crippen LogP contribution in [0.4, 0.5) is 11.4 Å². The number of esters is 1. The molecule has 1 aliphatic heterocycles. The van der Waals surface area contributed by atoms with Crippen LogP contribution in [0.5, 0.6) is 0 Å². The summed E-state index contributed by atoms with van der Waals surface area (Å²) >= 11 is 0. The van der Waals surface area contributed by atoms with Gasteiger partial charge in [0.15, 0.2) is 6.61 Å². The van der Waals surface area contributed by atoms with Crippen molar-refractivity contribution < 1.29 is 24.0 Å². The number of nitro groups is 1. The van der Waals surface area contributed by atoms with Gasteiger partial charge in [-0.05, 0) is 31.4 Å². The summed E-state index contributed by atoms with van der Waals surface area (Å²) in [5.41, 5.74) is 0.312. The van der Waals surface area contributed by atoms with Crippen molar-refractivity contribution in [2.45, 2.75) is 39.0 Å². The quantitative estimate of drug-likeness (QED) is 0.354. The first-order valence-corrected chi connectivity index (χ1v) is 10.2. The molecule has 2 rings (SSSR count). The van der Waals surface area contributed by atoms with Crippen LogP contribution >= 0.6 is 0 Å².